The quantitative estimate of drug-likeness (QED) is 0.560. The van der Waals surface area contributed by atoms with Gasteiger partial charge in [0.1, 0.15) is 5.75 Å². The Labute approximate surface area is 153 Å². The van der Waals surface area contributed by atoms with E-state index in [-0.39, 0.29) is 11.3 Å². The lowest BCUT2D eigenvalue weighted by atomic mass is 9.84. The van der Waals surface area contributed by atoms with Crippen molar-refractivity contribution in [2.75, 3.05) is 7.11 Å². The van der Waals surface area contributed by atoms with Gasteiger partial charge in [-0.15, -0.1) is 0 Å². The van der Waals surface area contributed by atoms with E-state index in [0.717, 1.165) is 16.9 Å². The van der Waals surface area contributed by atoms with Crippen LogP contribution in [0.2, 0.25) is 0 Å². The zero-order valence-corrected chi connectivity index (χ0v) is 16.0. The molecule has 0 bridgehead atoms. The van der Waals surface area contributed by atoms with Gasteiger partial charge in [-0.1, -0.05) is 92.0 Å². The Balaban J connectivity index is 2.43. The zero-order chi connectivity index (χ0) is 17.3. The first-order valence-corrected chi connectivity index (χ1v) is 8.57. The van der Waals surface area contributed by atoms with E-state index in [1.165, 1.54) is 5.56 Å². The molecule has 124 valence electrons. The fourth-order valence-corrected chi connectivity index (χ4v) is 3.30. The number of benzene rings is 2. The molecule has 2 aromatic rings. The predicted octanol–water partition coefficient (Wildman–Crippen LogP) is 6.49. The van der Waals surface area contributed by atoms with E-state index in [1.807, 2.05) is 36.4 Å². The minimum absolute atomic E-state index is 0.0914. The topological polar surface area (TPSA) is 9.23 Å². The van der Waals surface area contributed by atoms with E-state index < -0.39 is 3.79 Å². The highest BCUT2D eigenvalue weighted by Crippen LogP contribution is 2.46. The van der Waals surface area contributed by atoms with Crippen LogP contribution in [0.4, 0.5) is 0 Å². The molecule has 1 atom stereocenters. The van der Waals surface area contributed by atoms with Gasteiger partial charge in [0.05, 0.1) is 13.0 Å². The Kier molecular flexibility index (Phi) is 5.56. The van der Waals surface area contributed by atoms with Crippen LogP contribution < -0.4 is 4.74 Å². The van der Waals surface area contributed by atoms with Gasteiger partial charge in [-0.05, 0) is 34.2 Å². The third kappa shape index (κ3) is 4.56. The summed E-state index contributed by atoms with van der Waals surface area (Å²) in [5.74, 6) is 0.437. The Morgan fingerprint density at radius 1 is 0.783 bits per heavy atom. The highest BCUT2D eigenvalue weighted by atomic mass is 35.6. The van der Waals surface area contributed by atoms with Gasteiger partial charge in [0, 0.05) is 0 Å². The van der Waals surface area contributed by atoms with Crippen LogP contribution in [0.5, 0.6) is 5.75 Å². The second kappa shape index (κ2) is 6.93. The molecule has 0 aliphatic carbocycles. The van der Waals surface area contributed by atoms with Crippen LogP contribution in [0.15, 0.2) is 48.5 Å². The minimum atomic E-state index is -1.43. The molecule has 4 heteroatoms. The van der Waals surface area contributed by atoms with Gasteiger partial charge in [0.2, 0.25) is 3.79 Å². The maximum absolute atomic E-state index is 6.27. The van der Waals surface area contributed by atoms with Crippen LogP contribution in [-0.2, 0) is 5.41 Å². The molecule has 1 unspecified atom stereocenters. The lowest BCUT2D eigenvalue weighted by Gasteiger charge is -2.27. The molecule has 0 spiro atoms. The molecule has 0 saturated heterocycles. The predicted molar refractivity (Wildman–Crippen MR) is 100 cm³/mol. The van der Waals surface area contributed by atoms with Gasteiger partial charge < -0.3 is 4.74 Å². The molecule has 0 fully saturated rings. The third-order valence-corrected chi connectivity index (χ3v) is 4.54. The number of alkyl halides is 3. The molecule has 23 heavy (non-hydrogen) atoms. The lowest BCUT2D eigenvalue weighted by Crippen LogP contribution is -2.19. The number of hydrogen-bond acceptors (Lipinski definition) is 1. The Hall–Kier alpha value is -0.890. The van der Waals surface area contributed by atoms with Crippen LogP contribution in [0.1, 0.15) is 43.4 Å². The van der Waals surface area contributed by atoms with Crippen molar-refractivity contribution in [2.24, 2.45) is 0 Å². The summed E-state index contributed by atoms with van der Waals surface area (Å²) in [5.41, 5.74) is 3.25. The average Bonchev–Trinajstić information content (AvgIpc) is 2.46. The van der Waals surface area contributed by atoms with Crippen molar-refractivity contribution < 1.29 is 4.74 Å². The summed E-state index contributed by atoms with van der Waals surface area (Å²) in [4.78, 5) is 0. The summed E-state index contributed by atoms with van der Waals surface area (Å²) in [6.07, 6.45) is 0. The largest absolute Gasteiger partial charge is 0.497 e. The fourth-order valence-electron chi connectivity index (χ4n) is 2.54. The molecule has 0 heterocycles. The first-order chi connectivity index (χ1) is 10.6. The minimum Gasteiger partial charge on any atom is -0.497 e. The standard InChI is InChI=1S/C19H21Cl3O/c1-18(2,3)15-9-5-13(6-10-15)17(19(20,21)22)14-7-11-16(23-4)12-8-14/h5-12,17H,1-4H3. The molecule has 0 amide bonds. The summed E-state index contributed by atoms with van der Waals surface area (Å²) in [7, 11) is 1.63. The number of rotatable bonds is 3. The maximum Gasteiger partial charge on any atom is 0.201 e. The Morgan fingerprint density at radius 2 is 1.22 bits per heavy atom. The van der Waals surface area contributed by atoms with E-state index in [1.54, 1.807) is 7.11 Å². The van der Waals surface area contributed by atoms with E-state index in [2.05, 4.69) is 32.9 Å². The Bertz CT molecular complexity index is 634. The van der Waals surface area contributed by atoms with Crippen molar-refractivity contribution >= 4 is 34.8 Å². The van der Waals surface area contributed by atoms with Crippen molar-refractivity contribution in [2.45, 2.75) is 35.9 Å². The summed E-state index contributed by atoms with van der Waals surface area (Å²) >= 11 is 18.8. The molecular formula is C19H21Cl3O. The second-order valence-electron chi connectivity index (χ2n) is 6.62. The van der Waals surface area contributed by atoms with Crippen LogP contribution in [0.3, 0.4) is 0 Å². The summed E-state index contributed by atoms with van der Waals surface area (Å²) in [5, 5.41) is 0. The summed E-state index contributed by atoms with van der Waals surface area (Å²) < 4.78 is 3.76. The van der Waals surface area contributed by atoms with Crippen molar-refractivity contribution in [3.63, 3.8) is 0 Å². The van der Waals surface area contributed by atoms with Crippen LogP contribution in [0, 0.1) is 0 Å². The van der Waals surface area contributed by atoms with Gasteiger partial charge >= 0.3 is 0 Å². The van der Waals surface area contributed by atoms with Gasteiger partial charge in [-0.2, -0.15) is 0 Å². The smallest absolute Gasteiger partial charge is 0.201 e. The van der Waals surface area contributed by atoms with Crippen molar-refractivity contribution in [1.82, 2.24) is 0 Å². The van der Waals surface area contributed by atoms with Gasteiger partial charge in [0.25, 0.3) is 0 Å². The van der Waals surface area contributed by atoms with Gasteiger partial charge in [-0.25, -0.2) is 0 Å². The molecule has 0 N–H and O–H groups in total. The van der Waals surface area contributed by atoms with E-state index in [9.17, 15) is 0 Å². The molecule has 0 aliphatic heterocycles. The number of ether oxygens (including phenoxy) is 1. The summed E-state index contributed by atoms with van der Waals surface area (Å²) in [6.45, 7) is 6.54. The highest BCUT2D eigenvalue weighted by Gasteiger charge is 2.35. The molecule has 2 aromatic carbocycles. The van der Waals surface area contributed by atoms with Gasteiger partial charge in [0.15, 0.2) is 0 Å². The van der Waals surface area contributed by atoms with Crippen LogP contribution in [-0.4, -0.2) is 10.9 Å². The van der Waals surface area contributed by atoms with E-state index in [4.69, 9.17) is 39.5 Å². The maximum atomic E-state index is 6.27. The fraction of sp³-hybridized carbons (Fsp3) is 0.368. The molecule has 0 aromatic heterocycles. The summed E-state index contributed by atoms with van der Waals surface area (Å²) in [6, 6.07) is 15.9. The molecular weight excluding hydrogens is 351 g/mol. The molecule has 0 radical (unpaired) electrons. The first-order valence-electron chi connectivity index (χ1n) is 7.44. The monoisotopic (exact) mass is 370 g/mol. The zero-order valence-electron chi connectivity index (χ0n) is 13.7. The number of hydrogen-bond donors (Lipinski definition) is 0. The molecule has 1 nitrogen and oxygen atoms in total. The van der Waals surface area contributed by atoms with Crippen molar-refractivity contribution in [3.8, 4) is 5.75 Å². The third-order valence-electron chi connectivity index (χ3n) is 3.89. The SMILES string of the molecule is COc1ccc(C(c2ccc(C(C)(C)C)cc2)C(Cl)(Cl)Cl)cc1. The van der Waals surface area contributed by atoms with Crippen molar-refractivity contribution in [1.29, 1.82) is 0 Å². The second-order valence-corrected chi connectivity index (χ2v) is 8.99. The highest BCUT2D eigenvalue weighted by molar-refractivity contribution is 6.68. The lowest BCUT2D eigenvalue weighted by molar-refractivity contribution is 0.414. The van der Waals surface area contributed by atoms with Crippen LogP contribution >= 0.6 is 34.8 Å². The average molecular weight is 372 g/mol. The molecule has 2 rings (SSSR count). The molecule has 0 aliphatic rings. The van der Waals surface area contributed by atoms with Gasteiger partial charge in [-0.3, -0.25) is 0 Å². The molecule has 0 saturated carbocycles. The van der Waals surface area contributed by atoms with E-state index >= 15 is 0 Å². The first kappa shape index (κ1) is 18.4. The number of methoxy groups -OCH3 is 1. The number of halogens is 3. The van der Waals surface area contributed by atoms with E-state index in [0.29, 0.717) is 0 Å². The van der Waals surface area contributed by atoms with Crippen molar-refractivity contribution in [3.05, 3.63) is 65.2 Å². The normalized spacial score (nSPS) is 13.7. The van der Waals surface area contributed by atoms with Crippen LogP contribution in [0.25, 0.3) is 0 Å². The Morgan fingerprint density at radius 3 is 1.57 bits per heavy atom.